The molecular formula is C17H14N2O2. The van der Waals surface area contributed by atoms with Crippen LogP contribution in [-0.2, 0) is 0 Å². The molecule has 4 nitrogen and oxygen atoms in total. The normalized spacial score (nSPS) is 10.6. The van der Waals surface area contributed by atoms with Crippen LogP contribution < -0.4 is 0 Å². The molecule has 3 aromatic rings. The third-order valence-electron chi connectivity index (χ3n) is 3.24. The SMILES string of the molecule is CC(=O)c1cccc(-c2cccc(-c3nnc(C)o3)c2)c1. The molecule has 1 aromatic heterocycles. The molecule has 0 bridgehead atoms. The Bertz CT molecular complexity index is 806. The van der Waals surface area contributed by atoms with Crippen molar-refractivity contribution in [2.45, 2.75) is 13.8 Å². The number of ketones is 1. The standard InChI is InChI=1S/C17H14N2O2/c1-11(20)13-5-3-6-14(9-13)15-7-4-8-16(10-15)17-19-18-12(2)21-17/h3-10H,1-2H3. The molecule has 21 heavy (non-hydrogen) atoms. The number of nitrogens with zero attached hydrogens (tertiary/aromatic N) is 2. The van der Waals surface area contributed by atoms with E-state index in [9.17, 15) is 4.79 Å². The van der Waals surface area contributed by atoms with E-state index in [0.29, 0.717) is 17.3 Å². The highest BCUT2D eigenvalue weighted by molar-refractivity contribution is 5.95. The number of carbonyl (C=O) groups is 1. The van der Waals surface area contributed by atoms with Gasteiger partial charge in [0.25, 0.3) is 0 Å². The fourth-order valence-corrected chi connectivity index (χ4v) is 2.16. The molecule has 104 valence electrons. The van der Waals surface area contributed by atoms with Crippen molar-refractivity contribution >= 4 is 5.78 Å². The summed E-state index contributed by atoms with van der Waals surface area (Å²) in [5.41, 5.74) is 3.56. The molecule has 2 aromatic carbocycles. The molecule has 0 fully saturated rings. The van der Waals surface area contributed by atoms with E-state index < -0.39 is 0 Å². The molecule has 0 spiro atoms. The van der Waals surface area contributed by atoms with Gasteiger partial charge in [-0.15, -0.1) is 10.2 Å². The maximum atomic E-state index is 11.5. The minimum absolute atomic E-state index is 0.0560. The molecule has 3 rings (SSSR count). The molecule has 0 saturated carbocycles. The summed E-state index contributed by atoms with van der Waals surface area (Å²) >= 11 is 0. The lowest BCUT2D eigenvalue weighted by atomic mass is 10.00. The Morgan fingerprint density at radius 3 is 2.29 bits per heavy atom. The van der Waals surface area contributed by atoms with Crippen LogP contribution in [0.4, 0.5) is 0 Å². The number of aromatic nitrogens is 2. The van der Waals surface area contributed by atoms with Crippen molar-refractivity contribution in [1.29, 1.82) is 0 Å². The maximum Gasteiger partial charge on any atom is 0.247 e. The van der Waals surface area contributed by atoms with Crippen LogP contribution in [0.2, 0.25) is 0 Å². The van der Waals surface area contributed by atoms with Crippen molar-refractivity contribution < 1.29 is 9.21 Å². The highest BCUT2D eigenvalue weighted by Gasteiger charge is 2.08. The van der Waals surface area contributed by atoms with Gasteiger partial charge < -0.3 is 4.42 Å². The average Bonchev–Trinajstić information content (AvgIpc) is 2.94. The largest absolute Gasteiger partial charge is 0.421 e. The number of hydrogen-bond donors (Lipinski definition) is 0. The minimum Gasteiger partial charge on any atom is -0.421 e. The van der Waals surface area contributed by atoms with E-state index in [0.717, 1.165) is 16.7 Å². The topological polar surface area (TPSA) is 56.0 Å². The Labute approximate surface area is 122 Å². The van der Waals surface area contributed by atoms with Crippen molar-refractivity contribution in [3.05, 3.63) is 60.0 Å². The molecule has 1 heterocycles. The van der Waals surface area contributed by atoms with E-state index in [1.54, 1.807) is 13.8 Å². The molecule has 0 aliphatic heterocycles. The lowest BCUT2D eigenvalue weighted by Crippen LogP contribution is -1.91. The zero-order valence-electron chi connectivity index (χ0n) is 11.8. The number of benzene rings is 2. The minimum atomic E-state index is 0.0560. The van der Waals surface area contributed by atoms with Crippen LogP contribution in [0.25, 0.3) is 22.6 Å². The highest BCUT2D eigenvalue weighted by Crippen LogP contribution is 2.26. The van der Waals surface area contributed by atoms with E-state index in [-0.39, 0.29) is 5.78 Å². The first-order valence-corrected chi connectivity index (χ1v) is 6.65. The molecule has 0 amide bonds. The summed E-state index contributed by atoms with van der Waals surface area (Å²) in [5.74, 6) is 1.09. The summed E-state index contributed by atoms with van der Waals surface area (Å²) < 4.78 is 5.45. The van der Waals surface area contributed by atoms with Crippen molar-refractivity contribution in [3.63, 3.8) is 0 Å². The molecule has 0 unspecified atom stereocenters. The van der Waals surface area contributed by atoms with Crippen LogP contribution in [0.1, 0.15) is 23.2 Å². The van der Waals surface area contributed by atoms with Crippen LogP contribution >= 0.6 is 0 Å². The summed E-state index contributed by atoms with van der Waals surface area (Å²) in [5, 5.41) is 7.87. The number of aryl methyl sites for hydroxylation is 1. The van der Waals surface area contributed by atoms with Gasteiger partial charge in [0.1, 0.15) is 0 Å². The Morgan fingerprint density at radius 1 is 0.952 bits per heavy atom. The van der Waals surface area contributed by atoms with Gasteiger partial charge >= 0.3 is 0 Å². The Hall–Kier alpha value is -2.75. The van der Waals surface area contributed by atoms with E-state index in [4.69, 9.17) is 4.42 Å². The smallest absolute Gasteiger partial charge is 0.247 e. The summed E-state index contributed by atoms with van der Waals surface area (Å²) in [4.78, 5) is 11.5. The molecule has 0 N–H and O–H groups in total. The van der Waals surface area contributed by atoms with Gasteiger partial charge in [-0.05, 0) is 36.2 Å². The number of Topliss-reactive ketones (excluding diaryl/α,β-unsaturated/α-hetero) is 1. The first kappa shape index (κ1) is 13.2. The second-order valence-electron chi connectivity index (χ2n) is 4.84. The van der Waals surface area contributed by atoms with Crippen LogP contribution in [0.3, 0.4) is 0 Å². The van der Waals surface area contributed by atoms with E-state index in [1.165, 1.54) is 0 Å². The predicted molar refractivity (Wildman–Crippen MR) is 79.9 cm³/mol. The van der Waals surface area contributed by atoms with Gasteiger partial charge in [-0.3, -0.25) is 4.79 Å². The van der Waals surface area contributed by atoms with Crippen molar-refractivity contribution in [2.24, 2.45) is 0 Å². The van der Waals surface area contributed by atoms with Crippen LogP contribution in [0.5, 0.6) is 0 Å². The van der Waals surface area contributed by atoms with Gasteiger partial charge in [-0.2, -0.15) is 0 Å². The quantitative estimate of drug-likeness (QED) is 0.681. The lowest BCUT2D eigenvalue weighted by molar-refractivity contribution is 0.101. The van der Waals surface area contributed by atoms with Crippen molar-refractivity contribution in [3.8, 4) is 22.6 Å². The van der Waals surface area contributed by atoms with Crippen molar-refractivity contribution in [2.75, 3.05) is 0 Å². The fourth-order valence-electron chi connectivity index (χ4n) is 2.16. The zero-order valence-corrected chi connectivity index (χ0v) is 11.8. The van der Waals surface area contributed by atoms with Gasteiger partial charge in [-0.1, -0.05) is 30.3 Å². The highest BCUT2D eigenvalue weighted by atomic mass is 16.4. The summed E-state index contributed by atoms with van der Waals surface area (Å²) in [6.07, 6.45) is 0. The van der Waals surface area contributed by atoms with Gasteiger partial charge in [-0.25, -0.2) is 0 Å². The van der Waals surface area contributed by atoms with Crippen LogP contribution in [-0.4, -0.2) is 16.0 Å². The third kappa shape index (κ3) is 2.74. The zero-order chi connectivity index (χ0) is 14.8. The molecule has 0 radical (unpaired) electrons. The van der Waals surface area contributed by atoms with E-state index >= 15 is 0 Å². The fraction of sp³-hybridized carbons (Fsp3) is 0.118. The molecular weight excluding hydrogens is 264 g/mol. The van der Waals surface area contributed by atoms with Crippen molar-refractivity contribution in [1.82, 2.24) is 10.2 Å². The van der Waals surface area contributed by atoms with E-state index in [2.05, 4.69) is 10.2 Å². The summed E-state index contributed by atoms with van der Waals surface area (Å²) in [6, 6.07) is 15.4. The molecule has 0 aliphatic carbocycles. The van der Waals surface area contributed by atoms with Gasteiger partial charge in [0.15, 0.2) is 5.78 Å². The molecule has 0 saturated heterocycles. The number of rotatable bonds is 3. The average molecular weight is 278 g/mol. The summed E-state index contributed by atoms with van der Waals surface area (Å²) in [7, 11) is 0. The van der Waals surface area contributed by atoms with Gasteiger partial charge in [0, 0.05) is 18.1 Å². The summed E-state index contributed by atoms with van der Waals surface area (Å²) in [6.45, 7) is 3.33. The molecule has 0 aliphatic rings. The second-order valence-corrected chi connectivity index (χ2v) is 4.84. The van der Waals surface area contributed by atoms with Crippen LogP contribution in [0.15, 0.2) is 52.9 Å². The van der Waals surface area contributed by atoms with Gasteiger partial charge in [0.05, 0.1) is 0 Å². The Kier molecular flexibility index (Phi) is 3.36. The van der Waals surface area contributed by atoms with E-state index in [1.807, 2.05) is 48.5 Å². The molecule has 4 heteroatoms. The number of hydrogen-bond acceptors (Lipinski definition) is 4. The number of carbonyl (C=O) groups excluding carboxylic acids is 1. The molecule has 0 atom stereocenters. The Balaban J connectivity index is 2.03. The first-order chi connectivity index (χ1) is 10.1. The monoisotopic (exact) mass is 278 g/mol. The predicted octanol–water partition coefficient (Wildman–Crippen LogP) is 3.91. The van der Waals surface area contributed by atoms with Gasteiger partial charge in [0.2, 0.25) is 11.8 Å². The first-order valence-electron chi connectivity index (χ1n) is 6.65. The third-order valence-corrected chi connectivity index (χ3v) is 3.24. The maximum absolute atomic E-state index is 11.5. The second kappa shape index (κ2) is 5.32. The Morgan fingerprint density at radius 2 is 1.62 bits per heavy atom. The van der Waals surface area contributed by atoms with Crippen LogP contribution in [0, 0.1) is 6.92 Å². The lowest BCUT2D eigenvalue weighted by Gasteiger charge is -2.05.